The third kappa shape index (κ3) is 3.84. The van der Waals surface area contributed by atoms with Gasteiger partial charge in [-0.2, -0.15) is 0 Å². The Morgan fingerprint density at radius 2 is 1.89 bits per heavy atom. The second-order valence-corrected chi connectivity index (χ2v) is 9.73. The molecule has 10 nitrogen and oxygen atoms in total. The molecule has 2 aromatic carbocycles. The van der Waals surface area contributed by atoms with E-state index in [9.17, 15) is 19.2 Å². The molecule has 10 heteroatoms. The minimum Gasteiger partial charge on any atom is -0.497 e. The molecular formula is C27H26N4O6. The predicted octanol–water partition coefficient (Wildman–Crippen LogP) is 1.43. The minimum absolute atomic E-state index is 0.0210. The van der Waals surface area contributed by atoms with Gasteiger partial charge in [0.2, 0.25) is 11.8 Å². The number of hydrogen-bond donors (Lipinski definition) is 2. The first-order valence-electron chi connectivity index (χ1n) is 12.2. The van der Waals surface area contributed by atoms with Crippen LogP contribution < -0.4 is 15.4 Å². The lowest BCUT2D eigenvalue weighted by Crippen LogP contribution is -2.46. The molecule has 0 spiro atoms. The molecule has 0 bridgehead atoms. The highest BCUT2D eigenvalue weighted by molar-refractivity contribution is 6.10. The van der Waals surface area contributed by atoms with Crippen molar-refractivity contribution in [3.63, 3.8) is 0 Å². The molecule has 6 rings (SSSR count). The van der Waals surface area contributed by atoms with Gasteiger partial charge in [0, 0.05) is 55.8 Å². The molecule has 1 aromatic heterocycles. The summed E-state index contributed by atoms with van der Waals surface area (Å²) in [6.45, 7) is 3.04. The first-order valence-corrected chi connectivity index (χ1v) is 12.2. The predicted molar refractivity (Wildman–Crippen MR) is 132 cm³/mol. The van der Waals surface area contributed by atoms with Crippen LogP contribution in [0.4, 0.5) is 0 Å². The number of piperazine rings is 1. The van der Waals surface area contributed by atoms with Crippen molar-refractivity contribution in [2.45, 2.75) is 18.4 Å². The standard InChI is InChI=1S/C27H26N4O6/c1-36-19-5-4-18-14-31(25(34)20(18)12-19)15-27(13-23(32)29-26(27)35)22-11-16-2-3-17(10-21(16)37-22)24(33)30-8-6-28-7-9-30/h2-5,10-12,28H,6-9,13-15H2,1H3,(H,29,32,35)/t27-/m1/s1. The Morgan fingerprint density at radius 3 is 2.62 bits per heavy atom. The average molecular weight is 503 g/mol. The first kappa shape index (κ1) is 23.2. The normalized spacial score (nSPS) is 21.5. The number of carbonyl (C=O) groups is 4. The van der Waals surface area contributed by atoms with Gasteiger partial charge in [0.25, 0.3) is 11.8 Å². The zero-order valence-electron chi connectivity index (χ0n) is 20.3. The second kappa shape index (κ2) is 8.74. The second-order valence-electron chi connectivity index (χ2n) is 9.73. The Labute approximate surface area is 212 Å². The van der Waals surface area contributed by atoms with Crippen molar-refractivity contribution in [2.24, 2.45) is 0 Å². The van der Waals surface area contributed by atoms with Gasteiger partial charge in [0.15, 0.2) is 0 Å². The summed E-state index contributed by atoms with van der Waals surface area (Å²) in [7, 11) is 1.53. The van der Waals surface area contributed by atoms with Crippen LogP contribution in [-0.4, -0.2) is 73.3 Å². The highest BCUT2D eigenvalue weighted by Gasteiger charge is 2.53. The Bertz CT molecular complexity index is 1460. The van der Waals surface area contributed by atoms with Crippen LogP contribution in [-0.2, 0) is 21.5 Å². The molecule has 190 valence electrons. The number of methoxy groups -OCH3 is 1. The molecule has 2 saturated heterocycles. The van der Waals surface area contributed by atoms with Crippen LogP contribution in [0.2, 0.25) is 0 Å². The summed E-state index contributed by atoms with van der Waals surface area (Å²) in [5.41, 5.74) is 0.908. The average Bonchev–Trinajstić information content (AvgIpc) is 3.57. The molecule has 3 aliphatic heterocycles. The lowest BCUT2D eigenvalue weighted by Gasteiger charge is -2.28. The number of imide groups is 1. The summed E-state index contributed by atoms with van der Waals surface area (Å²) in [6.07, 6.45) is -0.137. The third-order valence-corrected chi connectivity index (χ3v) is 7.45. The van der Waals surface area contributed by atoms with E-state index in [2.05, 4.69) is 10.6 Å². The van der Waals surface area contributed by atoms with E-state index in [1.54, 1.807) is 46.2 Å². The van der Waals surface area contributed by atoms with E-state index in [-0.39, 0.29) is 24.8 Å². The number of furan rings is 1. The van der Waals surface area contributed by atoms with E-state index in [0.29, 0.717) is 53.2 Å². The van der Waals surface area contributed by atoms with E-state index < -0.39 is 17.2 Å². The van der Waals surface area contributed by atoms with Crippen LogP contribution in [0.15, 0.2) is 46.9 Å². The number of amides is 4. The third-order valence-electron chi connectivity index (χ3n) is 7.45. The molecule has 0 saturated carbocycles. The fourth-order valence-electron chi connectivity index (χ4n) is 5.42. The summed E-state index contributed by atoms with van der Waals surface area (Å²) < 4.78 is 11.4. The Hall–Kier alpha value is -4.18. The van der Waals surface area contributed by atoms with Gasteiger partial charge in [-0.15, -0.1) is 0 Å². The number of ether oxygens (including phenoxy) is 1. The van der Waals surface area contributed by atoms with Gasteiger partial charge in [-0.3, -0.25) is 24.5 Å². The summed E-state index contributed by atoms with van der Waals surface area (Å²) in [6, 6.07) is 12.2. The van der Waals surface area contributed by atoms with E-state index in [0.717, 1.165) is 18.7 Å². The molecule has 0 radical (unpaired) electrons. The number of nitrogens with zero attached hydrogens (tertiary/aromatic N) is 2. The fraction of sp³-hybridized carbons (Fsp3) is 0.333. The molecule has 0 aliphatic carbocycles. The van der Waals surface area contributed by atoms with Gasteiger partial charge in [0.1, 0.15) is 22.5 Å². The van der Waals surface area contributed by atoms with Crippen molar-refractivity contribution in [3.05, 3.63) is 64.9 Å². The molecule has 1 atom stereocenters. The highest BCUT2D eigenvalue weighted by Crippen LogP contribution is 2.39. The molecule has 3 aromatic rings. The molecule has 2 N–H and O–H groups in total. The maximum absolute atomic E-state index is 13.2. The molecular weight excluding hydrogens is 476 g/mol. The van der Waals surface area contributed by atoms with Crippen molar-refractivity contribution in [1.82, 2.24) is 20.4 Å². The highest BCUT2D eigenvalue weighted by atomic mass is 16.5. The Balaban J connectivity index is 1.33. The minimum atomic E-state index is -1.37. The molecule has 2 fully saturated rings. The first-order chi connectivity index (χ1) is 17.9. The lowest BCUT2D eigenvalue weighted by molar-refractivity contribution is -0.127. The van der Waals surface area contributed by atoms with Crippen molar-refractivity contribution in [3.8, 4) is 5.75 Å². The van der Waals surface area contributed by atoms with Gasteiger partial charge in [-0.1, -0.05) is 12.1 Å². The van der Waals surface area contributed by atoms with Crippen LogP contribution in [0.3, 0.4) is 0 Å². The molecule has 37 heavy (non-hydrogen) atoms. The summed E-state index contributed by atoms with van der Waals surface area (Å²) in [5.74, 6) is -0.387. The zero-order chi connectivity index (χ0) is 25.7. The van der Waals surface area contributed by atoms with Crippen LogP contribution >= 0.6 is 0 Å². The summed E-state index contributed by atoms with van der Waals surface area (Å²) in [4.78, 5) is 55.2. The van der Waals surface area contributed by atoms with Gasteiger partial charge >= 0.3 is 0 Å². The number of carbonyl (C=O) groups excluding carboxylic acids is 4. The van der Waals surface area contributed by atoms with Crippen LogP contribution in [0.5, 0.6) is 5.75 Å². The van der Waals surface area contributed by atoms with E-state index in [1.807, 2.05) is 6.07 Å². The van der Waals surface area contributed by atoms with Crippen molar-refractivity contribution >= 4 is 34.6 Å². The Kier molecular flexibility index (Phi) is 5.49. The molecule has 4 amide bonds. The number of fused-ring (bicyclic) bond motifs is 2. The quantitative estimate of drug-likeness (QED) is 0.506. The maximum Gasteiger partial charge on any atom is 0.254 e. The SMILES string of the molecule is COc1ccc2c(c1)C(=O)N(C[C@@]1(c3cc4ccc(C(=O)N5CCNCC5)cc4o3)CC(=O)NC1=O)C2. The maximum atomic E-state index is 13.2. The summed E-state index contributed by atoms with van der Waals surface area (Å²) in [5, 5.41) is 6.33. The van der Waals surface area contributed by atoms with E-state index in [1.165, 1.54) is 7.11 Å². The summed E-state index contributed by atoms with van der Waals surface area (Å²) >= 11 is 0. The largest absolute Gasteiger partial charge is 0.497 e. The van der Waals surface area contributed by atoms with Gasteiger partial charge in [-0.05, 0) is 35.9 Å². The fourth-order valence-corrected chi connectivity index (χ4v) is 5.42. The number of hydrogen-bond acceptors (Lipinski definition) is 7. The molecule has 0 unspecified atom stereocenters. The van der Waals surface area contributed by atoms with Crippen molar-refractivity contribution in [1.29, 1.82) is 0 Å². The number of benzene rings is 2. The van der Waals surface area contributed by atoms with Crippen LogP contribution in [0.25, 0.3) is 11.0 Å². The Morgan fingerprint density at radius 1 is 1.08 bits per heavy atom. The number of nitrogens with one attached hydrogen (secondary N) is 2. The smallest absolute Gasteiger partial charge is 0.254 e. The van der Waals surface area contributed by atoms with E-state index in [4.69, 9.17) is 9.15 Å². The van der Waals surface area contributed by atoms with Crippen LogP contribution in [0.1, 0.15) is 38.5 Å². The lowest BCUT2D eigenvalue weighted by atomic mass is 9.82. The molecule has 4 heterocycles. The topological polar surface area (TPSA) is 121 Å². The van der Waals surface area contributed by atoms with Crippen molar-refractivity contribution < 1.29 is 28.3 Å². The monoisotopic (exact) mass is 502 g/mol. The van der Waals surface area contributed by atoms with Crippen LogP contribution in [0, 0.1) is 0 Å². The van der Waals surface area contributed by atoms with Crippen molar-refractivity contribution in [2.75, 3.05) is 39.8 Å². The number of rotatable bonds is 5. The van der Waals surface area contributed by atoms with Gasteiger partial charge in [-0.25, -0.2) is 0 Å². The molecule has 3 aliphatic rings. The zero-order valence-corrected chi connectivity index (χ0v) is 20.3. The van der Waals surface area contributed by atoms with E-state index >= 15 is 0 Å². The van der Waals surface area contributed by atoms with Gasteiger partial charge in [0.05, 0.1) is 13.5 Å². The van der Waals surface area contributed by atoms with Gasteiger partial charge < -0.3 is 24.3 Å².